The largest absolute Gasteiger partial charge is 0.465 e. The van der Waals surface area contributed by atoms with Crippen LogP contribution in [-0.2, 0) is 16.0 Å². The number of ether oxygens (including phenoxy) is 1. The molecule has 0 unspecified atom stereocenters. The van der Waals surface area contributed by atoms with Gasteiger partial charge in [-0.15, -0.1) is 0 Å². The average Bonchev–Trinajstić information content (AvgIpc) is 2.25. The first-order valence-electron chi connectivity index (χ1n) is 4.67. The Morgan fingerprint density at radius 1 is 1.29 bits per heavy atom. The van der Waals surface area contributed by atoms with Gasteiger partial charge in [-0.2, -0.15) is 0 Å². The zero-order valence-electron chi connectivity index (χ0n) is 8.03. The van der Waals surface area contributed by atoms with E-state index in [2.05, 4.69) is 0 Å². The number of benzene rings is 1. The van der Waals surface area contributed by atoms with Gasteiger partial charge in [0, 0.05) is 0 Å². The quantitative estimate of drug-likeness (QED) is 0.523. The lowest BCUT2D eigenvalue weighted by Crippen LogP contribution is -2.11. The smallest absolute Gasteiger partial charge is 0.321 e. The fraction of sp³-hybridized carbons (Fsp3) is 0.364. The highest BCUT2D eigenvalue weighted by atomic mass is 16.5. The van der Waals surface area contributed by atoms with Crippen molar-refractivity contribution in [1.82, 2.24) is 5.73 Å². The van der Waals surface area contributed by atoms with E-state index in [1.165, 1.54) is 5.56 Å². The fourth-order valence-electron chi connectivity index (χ4n) is 1.16. The fourth-order valence-corrected chi connectivity index (χ4v) is 1.16. The molecule has 0 bridgehead atoms. The number of hydrogen-bond donors (Lipinski definition) is 0. The molecule has 0 aromatic heterocycles. The highest BCUT2D eigenvalue weighted by molar-refractivity contribution is 5.71. The van der Waals surface area contributed by atoms with E-state index in [-0.39, 0.29) is 6.54 Å². The summed E-state index contributed by atoms with van der Waals surface area (Å²) >= 11 is 0. The second kappa shape index (κ2) is 6.16. The van der Waals surface area contributed by atoms with Gasteiger partial charge in [-0.3, -0.25) is 4.79 Å². The van der Waals surface area contributed by atoms with Gasteiger partial charge in [0.15, 0.2) is 0 Å². The maximum Gasteiger partial charge on any atom is 0.321 e. The Balaban J connectivity index is 2.13. The molecule has 0 atom stereocenters. The van der Waals surface area contributed by atoms with Crippen LogP contribution in [0.15, 0.2) is 30.3 Å². The van der Waals surface area contributed by atoms with Crippen LogP contribution in [0, 0.1) is 0 Å². The van der Waals surface area contributed by atoms with Gasteiger partial charge in [-0.05, 0) is 18.4 Å². The van der Waals surface area contributed by atoms with E-state index in [1.54, 1.807) is 0 Å². The number of rotatable bonds is 5. The SMILES string of the molecule is [NH]CC(=O)OCCCc1ccccc1. The molecule has 1 radical (unpaired) electrons. The number of aryl methyl sites for hydroxylation is 1. The van der Waals surface area contributed by atoms with E-state index in [1.807, 2.05) is 30.3 Å². The van der Waals surface area contributed by atoms with Crippen LogP contribution in [0.2, 0.25) is 0 Å². The van der Waals surface area contributed by atoms with E-state index < -0.39 is 5.97 Å². The van der Waals surface area contributed by atoms with Crippen molar-refractivity contribution in [2.75, 3.05) is 13.2 Å². The third-order valence-electron chi connectivity index (χ3n) is 1.86. The lowest BCUT2D eigenvalue weighted by molar-refractivity contribution is -0.142. The summed E-state index contributed by atoms with van der Waals surface area (Å²) in [4.78, 5) is 10.6. The Kier molecular flexibility index (Phi) is 4.72. The molecule has 0 heterocycles. The number of hydrogen-bond acceptors (Lipinski definition) is 2. The van der Waals surface area contributed by atoms with Gasteiger partial charge in [0.25, 0.3) is 0 Å². The maximum absolute atomic E-state index is 10.6. The van der Waals surface area contributed by atoms with E-state index in [0.29, 0.717) is 6.61 Å². The summed E-state index contributed by atoms with van der Waals surface area (Å²) in [5, 5.41) is 0. The number of esters is 1. The maximum atomic E-state index is 10.6. The Morgan fingerprint density at radius 3 is 2.64 bits per heavy atom. The number of carbonyl (C=O) groups is 1. The van der Waals surface area contributed by atoms with Gasteiger partial charge in [0.2, 0.25) is 0 Å². The van der Waals surface area contributed by atoms with Crippen molar-refractivity contribution in [1.29, 1.82) is 0 Å². The predicted octanol–water partition coefficient (Wildman–Crippen LogP) is 1.45. The summed E-state index contributed by atoms with van der Waals surface area (Å²) in [5.41, 5.74) is 7.98. The van der Waals surface area contributed by atoms with Crippen LogP contribution in [0.5, 0.6) is 0 Å². The molecule has 14 heavy (non-hydrogen) atoms. The van der Waals surface area contributed by atoms with Crippen LogP contribution in [0.4, 0.5) is 0 Å². The van der Waals surface area contributed by atoms with Gasteiger partial charge in [0.05, 0.1) is 6.61 Å². The second-order valence-corrected chi connectivity index (χ2v) is 2.99. The molecule has 3 heteroatoms. The van der Waals surface area contributed by atoms with Crippen molar-refractivity contribution in [2.45, 2.75) is 12.8 Å². The Bertz CT molecular complexity index is 272. The summed E-state index contributed by atoms with van der Waals surface area (Å²) in [6, 6.07) is 10.1. The first-order chi connectivity index (χ1) is 6.83. The van der Waals surface area contributed by atoms with Gasteiger partial charge in [-0.25, -0.2) is 5.73 Å². The summed E-state index contributed by atoms with van der Waals surface area (Å²) in [5.74, 6) is -0.446. The average molecular weight is 192 g/mol. The minimum Gasteiger partial charge on any atom is -0.465 e. The predicted molar refractivity (Wildman–Crippen MR) is 53.7 cm³/mol. The summed E-state index contributed by atoms with van der Waals surface area (Å²) in [6.45, 7) is 0.123. The van der Waals surface area contributed by atoms with Crippen LogP contribution in [0.1, 0.15) is 12.0 Å². The Morgan fingerprint density at radius 2 is 2.00 bits per heavy atom. The monoisotopic (exact) mass is 192 g/mol. The molecule has 0 saturated heterocycles. The standard InChI is InChI=1S/C11H14NO2/c12-9-11(13)14-8-4-7-10-5-2-1-3-6-10/h1-3,5-6,12H,4,7-9H2. The molecule has 75 valence electrons. The molecule has 0 saturated carbocycles. The lowest BCUT2D eigenvalue weighted by atomic mass is 10.1. The van der Waals surface area contributed by atoms with Crippen LogP contribution in [-0.4, -0.2) is 19.1 Å². The highest BCUT2D eigenvalue weighted by Gasteiger charge is 1.98. The zero-order valence-corrected chi connectivity index (χ0v) is 8.03. The molecule has 0 amide bonds. The molecule has 0 aliphatic carbocycles. The van der Waals surface area contributed by atoms with Gasteiger partial charge >= 0.3 is 5.97 Å². The minimum absolute atomic E-state index is 0.286. The van der Waals surface area contributed by atoms with E-state index >= 15 is 0 Å². The van der Waals surface area contributed by atoms with Crippen molar-refractivity contribution >= 4 is 5.97 Å². The molecule has 1 N–H and O–H groups in total. The van der Waals surface area contributed by atoms with E-state index in [9.17, 15) is 4.79 Å². The number of carbonyl (C=O) groups excluding carboxylic acids is 1. The third kappa shape index (κ3) is 4.05. The van der Waals surface area contributed by atoms with Gasteiger partial charge in [0.1, 0.15) is 6.54 Å². The molecule has 1 aromatic rings. The molecule has 1 aromatic carbocycles. The first kappa shape index (κ1) is 10.7. The van der Waals surface area contributed by atoms with Crippen molar-refractivity contribution in [2.24, 2.45) is 0 Å². The van der Waals surface area contributed by atoms with Gasteiger partial charge in [-0.1, -0.05) is 30.3 Å². The lowest BCUT2D eigenvalue weighted by Gasteiger charge is -2.02. The molecular formula is C11H14NO2. The van der Waals surface area contributed by atoms with Crippen LogP contribution in [0.25, 0.3) is 0 Å². The molecule has 1 rings (SSSR count). The third-order valence-corrected chi connectivity index (χ3v) is 1.86. The highest BCUT2D eigenvalue weighted by Crippen LogP contribution is 2.02. The summed E-state index contributed by atoms with van der Waals surface area (Å²) < 4.78 is 4.79. The van der Waals surface area contributed by atoms with Crippen LogP contribution >= 0.6 is 0 Å². The molecule has 3 nitrogen and oxygen atoms in total. The minimum atomic E-state index is -0.446. The zero-order chi connectivity index (χ0) is 10.2. The van der Waals surface area contributed by atoms with Crippen molar-refractivity contribution in [3.63, 3.8) is 0 Å². The molecule has 0 fully saturated rings. The molecule has 0 aliphatic rings. The number of nitrogens with one attached hydrogen (secondary N) is 1. The summed E-state index contributed by atoms with van der Waals surface area (Å²) in [6.07, 6.45) is 1.72. The second-order valence-electron chi connectivity index (χ2n) is 2.99. The van der Waals surface area contributed by atoms with Crippen LogP contribution < -0.4 is 5.73 Å². The van der Waals surface area contributed by atoms with Crippen molar-refractivity contribution in [3.05, 3.63) is 35.9 Å². The van der Waals surface area contributed by atoms with Crippen molar-refractivity contribution < 1.29 is 9.53 Å². The Labute approximate surface area is 83.9 Å². The topological polar surface area (TPSA) is 50.1 Å². The van der Waals surface area contributed by atoms with Crippen LogP contribution in [0.3, 0.4) is 0 Å². The normalized spacial score (nSPS) is 9.79. The molecule has 0 aliphatic heterocycles. The van der Waals surface area contributed by atoms with E-state index in [4.69, 9.17) is 10.5 Å². The van der Waals surface area contributed by atoms with E-state index in [0.717, 1.165) is 12.8 Å². The molecular weight excluding hydrogens is 178 g/mol. The summed E-state index contributed by atoms with van der Waals surface area (Å²) in [7, 11) is 0. The van der Waals surface area contributed by atoms with Crippen molar-refractivity contribution in [3.8, 4) is 0 Å². The Hall–Kier alpha value is -1.35. The van der Waals surface area contributed by atoms with Gasteiger partial charge < -0.3 is 4.74 Å². The molecule has 0 spiro atoms. The first-order valence-corrected chi connectivity index (χ1v) is 4.67.